The van der Waals surface area contributed by atoms with Crippen molar-refractivity contribution < 1.29 is 4.74 Å². The summed E-state index contributed by atoms with van der Waals surface area (Å²) in [6, 6.07) is 11.9. The van der Waals surface area contributed by atoms with Crippen molar-refractivity contribution >= 4 is 15.9 Å². The quantitative estimate of drug-likeness (QED) is 0.920. The summed E-state index contributed by atoms with van der Waals surface area (Å²) in [5, 5.41) is 0. The van der Waals surface area contributed by atoms with Crippen LogP contribution in [0, 0.1) is 6.92 Å². The van der Waals surface area contributed by atoms with Gasteiger partial charge in [-0.3, -0.25) is 4.98 Å². The highest BCUT2D eigenvalue weighted by molar-refractivity contribution is 9.10. The van der Waals surface area contributed by atoms with E-state index in [4.69, 9.17) is 10.5 Å². The van der Waals surface area contributed by atoms with Crippen molar-refractivity contribution in [2.75, 3.05) is 6.54 Å². The summed E-state index contributed by atoms with van der Waals surface area (Å²) in [7, 11) is 0. The minimum absolute atomic E-state index is 0.473. The highest BCUT2D eigenvalue weighted by Gasteiger charge is 2.05. The van der Waals surface area contributed by atoms with Crippen molar-refractivity contribution in [1.29, 1.82) is 0 Å². The lowest BCUT2D eigenvalue weighted by molar-refractivity contribution is 0.298. The van der Waals surface area contributed by atoms with Crippen LogP contribution in [0.5, 0.6) is 5.75 Å². The number of rotatable bonds is 5. The zero-order chi connectivity index (χ0) is 13.7. The second-order valence-electron chi connectivity index (χ2n) is 4.35. The van der Waals surface area contributed by atoms with Crippen molar-refractivity contribution in [2.45, 2.75) is 20.0 Å². The summed E-state index contributed by atoms with van der Waals surface area (Å²) in [6.07, 6.45) is 0.802. The number of hydrogen-bond donors (Lipinski definition) is 1. The fourth-order valence-corrected chi connectivity index (χ4v) is 2.28. The number of nitrogens with zero attached hydrogens (tertiary/aromatic N) is 1. The summed E-state index contributed by atoms with van der Waals surface area (Å²) in [5.41, 5.74) is 8.67. The summed E-state index contributed by atoms with van der Waals surface area (Å²) >= 11 is 3.46. The predicted molar refractivity (Wildman–Crippen MR) is 80.2 cm³/mol. The third-order valence-corrected chi connectivity index (χ3v) is 3.25. The molecule has 3 nitrogen and oxygen atoms in total. The molecule has 0 spiro atoms. The molecule has 0 bridgehead atoms. The van der Waals surface area contributed by atoms with E-state index in [1.165, 1.54) is 0 Å². The largest absolute Gasteiger partial charge is 0.487 e. The first kappa shape index (κ1) is 14.0. The van der Waals surface area contributed by atoms with Crippen LogP contribution in [-0.4, -0.2) is 11.5 Å². The van der Waals surface area contributed by atoms with Crippen LogP contribution in [0.2, 0.25) is 0 Å². The number of aromatic nitrogens is 1. The van der Waals surface area contributed by atoms with Crippen LogP contribution >= 0.6 is 15.9 Å². The van der Waals surface area contributed by atoms with Crippen molar-refractivity contribution in [3.63, 3.8) is 0 Å². The molecule has 0 saturated heterocycles. The lowest BCUT2D eigenvalue weighted by Gasteiger charge is -2.11. The Morgan fingerprint density at radius 2 is 2.11 bits per heavy atom. The Kier molecular flexibility index (Phi) is 4.93. The molecule has 0 aliphatic rings. The van der Waals surface area contributed by atoms with E-state index in [2.05, 4.69) is 20.9 Å². The van der Waals surface area contributed by atoms with Crippen LogP contribution in [0.1, 0.15) is 17.0 Å². The van der Waals surface area contributed by atoms with Gasteiger partial charge in [0.05, 0.1) is 5.69 Å². The Morgan fingerprint density at radius 3 is 2.84 bits per heavy atom. The molecule has 2 N–H and O–H groups in total. The molecule has 1 aromatic heterocycles. The van der Waals surface area contributed by atoms with Gasteiger partial charge in [0.15, 0.2) is 0 Å². The van der Waals surface area contributed by atoms with Crippen molar-refractivity contribution in [3.05, 3.63) is 57.8 Å². The van der Waals surface area contributed by atoms with Gasteiger partial charge in [-0.15, -0.1) is 0 Å². The molecule has 0 radical (unpaired) electrons. The van der Waals surface area contributed by atoms with Crippen LogP contribution in [0.3, 0.4) is 0 Å². The summed E-state index contributed by atoms with van der Waals surface area (Å²) in [5.74, 6) is 0.872. The predicted octanol–water partition coefficient (Wildman–Crippen LogP) is 3.23. The summed E-state index contributed by atoms with van der Waals surface area (Å²) in [4.78, 5) is 4.42. The third-order valence-electron chi connectivity index (χ3n) is 2.76. The van der Waals surface area contributed by atoms with Gasteiger partial charge in [0.25, 0.3) is 0 Å². The maximum atomic E-state index is 5.85. The molecule has 0 saturated carbocycles. The van der Waals surface area contributed by atoms with E-state index >= 15 is 0 Å². The minimum atomic E-state index is 0.473. The van der Waals surface area contributed by atoms with E-state index in [9.17, 15) is 0 Å². The average Bonchev–Trinajstić information content (AvgIpc) is 2.38. The van der Waals surface area contributed by atoms with Crippen LogP contribution < -0.4 is 10.5 Å². The SMILES string of the molecule is Cc1cccc(COc2ccc(Br)cc2CCN)n1. The number of nitrogens with two attached hydrogens (primary N) is 1. The van der Waals surface area contributed by atoms with Crippen molar-refractivity contribution in [3.8, 4) is 5.75 Å². The molecule has 19 heavy (non-hydrogen) atoms. The molecule has 1 heterocycles. The van der Waals surface area contributed by atoms with E-state index in [1.807, 2.05) is 43.3 Å². The maximum Gasteiger partial charge on any atom is 0.130 e. The Balaban J connectivity index is 2.10. The molecule has 0 unspecified atom stereocenters. The Morgan fingerprint density at radius 1 is 1.26 bits per heavy atom. The molecule has 0 aliphatic heterocycles. The zero-order valence-corrected chi connectivity index (χ0v) is 12.5. The van der Waals surface area contributed by atoms with E-state index < -0.39 is 0 Å². The fourth-order valence-electron chi connectivity index (χ4n) is 1.87. The maximum absolute atomic E-state index is 5.85. The number of benzene rings is 1. The molecular weight excluding hydrogens is 304 g/mol. The monoisotopic (exact) mass is 320 g/mol. The van der Waals surface area contributed by atoms with Crippen molar-refractivity contribution in [1.82, 2.24) is 4.98 Å². The highest BCUT2D eigenvalue weighted by atomic mass is 79.9. The van der Waals surface area contributed by atoms with Gasteiger partial charge in [-0.25, -0.2) is 0 Å². The van der Waals surface area contributed by atoms with Crippen LogP contribution in [0.15, 0.2) is 40.9 Å². The standard InChI is InChI=1S/C15H17BrN2O/c1-11-3-2-4-14(18-11)10-19-15-6-5-13(16)9-12(15)7-8-17/h2-6,9H,7-8,10,17H2,1H3. The molecule has 0 atom stereocenters. The number of halogens is 1. The number of aryl methyl sites for hydroxylation is 1. The lowest BCUT2D eigenvalue weighted by atomic mass is 10.1. The molecule has 0 amide bonds. The van der Waals surface area contributed by atoms with Crippen LogP contribution in [-0.2, 0) is 13.0 Å². The van der Waals surface area contributed by atoms with E-state index in [0.717, 1.165) is 33.6 Å². The molecule has 4 heteroatoms. The number of hydrogen-bond acceptors (Lipinski definition) is 3. The van der Waals surface area contributed by atoms with Gasteiger partial charge < -0.3 is 10.5 Å². The van der Waals surface area contributed by atoms with Gasteiger partial charge in [-0.2, -0.15) is 0 Å². The molecule has 2 aromatic rings. The topological polar surface area (TPSA) is 48.1 Å². The first-order valence-electron chi connectivity index (χ1n) is 6.23. The van der Waals surface area contributed by atoms with E-state index in [1.54, 1.807) is 0 Å². The molecule has 100 valence electrons. The first-order valence-corrected chi connectivity index (χ1v) is 7.02. The average molecular weight is 321 g/mol. The van der Waals surface area contributed by atoms with Crippen molar-refractivity contribution in [2.24, 2.45) is 5.73 Å². The second-order valence-corrected chi connectivity index (χ2v) is 5.27. The van der Waals surface area contributed by atoms with Crippen LogP contribution in [0.25, 0.3) is 0 Å². The number of ether oxygens (including phenoxy) is 1. The minimum Gasteiger partial charge on any atom is -0.487 e. The second kappa shape index (κ2) is 6.68. The molecule has 2 rings (SSSR count). The van der Waals surface area contributed by atoms with Crippen LogP contribution in [0.4, 0.5) is 0 Å². The molecule has 1 aromatic carbocycles. The fraction of sp³-hybridized carbons (Fsp3) is 0.267. The van der Waals surface area contributed by atoms with E-state index in [-0.39, 0.29) is 0 Å². The Bertz CT molecular complexity index is 558. The van der Waals surface area contributed by atoms with Gasteiger partial charge in [-0.1, -0.05) is 22.0 Å². The van der Waals surface area contributed by atoms with Gasteiger partial charge in [0.1, 0.15) is 12.4 Å². The number of pyridine rings is 1. The normalized spacial score (nSPS) is 10.5. The van der Waals surface area contributed by atoms with Gasteiger partial charge in [-0.05, 0) is 55.8 Å². The molecule has 0 fully saturated rings. The third kappa shape index (κ3) is 4.04. The lowest BCUT2D eigenvalue weighted by Crippen LogP contribution is -2.06. The molecular formula is C15H17BrN2O. The highest BCUT2D eigenvalue weighted by Crippen LogP contribution is 2.24. The first-order chi connectivity index (χ1) is 9.19. The summed E-state index contributed by atoms with van der Waals surface area (Å²) < 4.78 is 6.89. The summed E-state index contributed by atoms with van der Waals surface area (Å²) in [6.45, 7) is 3.05. The molecule has 0 aliphatic carbocycles. The Labute approximate surface area is 121 Å². The smallest absolute Gasteiger partial charge is 0.130 e. The van der Waals surface area contributed by atoms with E-state index in [0.29, 0.717) is 13.2 Å². The van der Waals surface area contributed by atoms with Gasteiger partial charge in [0, 0.05) is 10.2 Å². The van der Waals surface area contributed by atoms with Gasteiger partial charge in [0.2, 0.25) is 0 Å². The van der Waals surface area contributed by atoms with Gasteiger partial charge >= 0.3 is 0 Å². The Hall–Kier alpha value is -1.39. The zero-order valence-electron chi connectivity index (χ0n) is 10.9.